The number of nitrogens with one attached hydrogen (secondary N) is 2. The number of hydrogen-bond donors (Lipinski definition) is 2. The molecule has 0 saturated carbocycles. The molecule has 0 aromatic heterocycles. The van der Waals surface area contributed by atoms with E-state index in [2.05, 4.69) is 48.3 Å². The van der Waals surface area contributed by atoms with Crippen LogP contribution in [0.15, 0.2) is 65.8 Å². The van der Waals surface area contributed by atoms with Crippen molar-refractivity contribution in [3.8, 4) is 22.5 Å². The van der Waals surface area contributed by atoms with Crippen molar-refractivity contribution in [2.45, 2.75) is 6.54 Å². The Labute approximate surface area is 197 Å². The molecule has 6 rings (SSSR count). The van der Waals surface area contributed by atoms with Gasteiger partial charge < -0.3 is 20.1 Å². The number of benzene rings is 2. The van der Waals surface area contributed by atoms with Gasteiger partial charge in [0.1, 0.15) is 11.6 Å². The largest absolute Gasteiger partial charge is 0.369 e. The molecule has 2 aromatic carbocycles. The molecule has 2 N–H and O–H groups in total. The Balaban J connectivity index is 1.38. The van der Waals surface area contributed by atoms with Gasteiger partial charge in [0, 0.05) is 72.9 Å². The van der Waals surface area contributed by atoms with E-state index in [1.807, 2.05) is 42.6 Å². The third-order valence-corrected chi connectivity index (χ3v) is 6.55. The van der Waals surface area contributed by atoms with Crippen LogP contribution in [0.3, 0.4) is 0 Å². The van der Waals surface area contributed by atoms with Crippen molar-refractivity contribution in [1.82, 2.24) is 19.9 Å². The highest BCUT2D eigenvalue weighted by Gasteiger charge is 2.23. The lowest BCUT2D eigenvalue weighted by Gasteiger charge is -2.29. The maximum Gasteiger partial charge on any atom is 0.251 e. The summed E-state index contributed by atoms with van der Waals surface area (Å²) < 4.78 is 2.20. The van der Waals surface area contributed by atoms with Gasteiger partial charge in [0.05, 0.1) is 5.69 Å². The summed E-state index contributed by atoms with van der Waals surface area (Å²) in [7, 11) is 0. The van der Waals surface area contributed by atoms with Crippen LogP contribution in [-0.2, 0) is 6.54 Å². The highest BCUT2D eigenvalue weighted by molar-refractivity contribution is 6.33. The zero-order chi connectivity index (χ0) is 22.2. The first kappa shape index (κ1) is 20.2. The number of fused-ring (bicyclic) bond motifs is 3. The van der Waals surface area contributed by atoms with Crippen LogP contribution in [0.4, 0.5) is 17.2 Å². The van der Waals surface area contributed by atoms with Crippen molar-refractivity contribution < 1.29 is 0 Å². The van der Waals surface area contributed by atoms with Gasteiger partial charge in [-0.25, -0.2) is 9.98 Å². The van der Waals surface area contributed by atoms with Crippen LogP contribution in [0.2, 0.25) is 5.02 Å². The van der Waals surface area contributed by atoms with Crippen LogP contribution in [0.1, 0.15) is 0 Å². The third-order valence-electron chi connectivity index (χ3n) is 6.22. The molecule has 33 heavy (non-hydrogen) atoms. The smallest absolute Gasteiger partial charge is 0.251 e. The second kappa shape index (κ2) is 8.50. The molecule has 4 heterocycles. The molecule has 0 amide bonds. The van der Waals surface area contributed by atoms with Crippen LogP contribution in [-0.4, -0.2) is 47.3 Å². The van der Waals surface area contributed by atoms with Gasteiger partial charge >= 0.3 is 0 Å². The number of hydrogen-bond acceptors (Lipinski definition) is 6. The van der Waals surface area contributed by atoms with E-state index in [0.29, 0.717) is 5.62 Å². The van der Waals surface area contributed by atoms with Crippen LogP contribution < -0.4 is 21.2 Å². The number of rotatable bonds is 3. The highest BCUT2D eigenvalue weighted by atomic mass is 35.5. The Hall–Kier alpha value is -3.42. The minimum absolute atomic E-state index is 0.463. The fraction of sp³-hybridized carbons (Fsp3) is 0.240. The van der Waals surface area contributed by atoms with Crippen LogP contribution >= 0.6 is 11.6 Å². The summed E-state index contributed by atoms with van der Waals surface area (Å²) in [5, 5.41) is 7.61. The third kappa shape index (κ3) is 3.83. The van der Waals surface area contributed by atoms with Crippen LogP contribution in [0, 0.1) is 0 Å². The molecule has 4 aliphatic heterocycles. The maximum absolute atomic E-state index is 6.50. The average molecular weight is 458 g/mol. The quantitative estimate of drug-likeness (QED) is 0.490. The first-order valence-corrected chi connectivity index (χ1v) is 11.6. The second-order valence-electron chi connectivity index (χ2n) is 8.28. The van der Waals surface area contributed by atoms with Gasteiger partial charge in [0.15, 0.2) is 0 Å². The summed E-state index contributed by atoms with van der Waals surface area (Å²) >= 11 is 6.50. The normalized spacial score (nSPS) is 16.2. The minimum Gasteiger partial charge on any atom is -0.369 e. The topological polar surface area (TPSA) is 70.4 Å². The lowest BCUT2D eigenvalue weighted by molar-refractivity contribution is 0.589. The molecule has 0 aliphatic carbocycles. The van der Waals surface area contributed by atoms with E-state index in [1.54, 1.807) is 0 Å². The summed E-state index contributed by atoms with van der Waals surface area (Å²) in [4.78, 5) is 16.4. The predicted molar refractivity (Wildman–Crippen MR) is 132 cm³/mol. The Bertz CT molecular complexity index is 1340. The number of nitrogens with zero attached hydrogens (tertiary/aromatic N) is 5. The summed E-state index contributed by atoms with van der Waals surface area (Å²) in [5.74, 6) is 1.90. The van der Waals surface area contributed by atoms with Gasteiger partial charge in [0.25, 0.3) is 5.62 Å². The van der Waals surface area contributed by atoms with Gasteiger partial charge in [0.2, 0.25) is 0 Å². The molecular formula is C25H24ClN7. The van der Waals surface area contributed by atoms with E-state index in [9.17, 15) is 0 Å². The van der Waals surface area contributed by atoms with Gasteiger partial charge in [-0.1, -0.05) is 29.8 Å². The van der Waals surface area contributed by atoms with E-state index in [4.69, 9.17) is 16.6 Å². The van der Waals surface area contributed by atoms with Crippen LogP contribution in [0.5, 0.6) is 0 Å². The van der Waals surface area contributed by atoms with E-state index in [0.717, 1.165) is 78.3 Å². The van der Waals surface area contributed by atoms with Crippen molar-refractivity contribution in [3.63, 3.8) is 0 Å². The predicted octanol–water partition coefficient (Wildman–Crippen LogP) is 3.77. The molecule has 0 unspecified atom stereocenters. The second-order valence-corrected chi connectivity index (χ2v) is 8.69. The molecule has 4 aliphatic rings. The van der Waals surface area contributed by atoms with Gasteiger partial charge in [-0.3, -0.25) is 0 Å². The fourth-order valence-corrected chi connectivity index (χ4v) is 4.81. The number of pyridine rings is 1. The number of anilines is 2. The molecule has 0 atom stereocenters. The van der Waals surface area contributed by atoms with Crippen molar-refractivity contribution in [2.24, 2.45) is 4.99 Å². The van der Waals surface area contributed by atoms with Gasteiger partial charge in [-0.15, -0.1) is 0 Å². The lowest BCUT2D eigenvalue weighted by Crippen LogP contribution is -2.43. The molecular weight excluding hydrogens is 434 g/mol. The van der Waals surface area contributed by atoms with Gasteiger partial charge in [-0.2, -0.15) is 4.98 Å². The molecule has 8 heteroatoms. The summed E-state index contributed by atoms with van der Waals surface area (Å²) in [6.45, 7) is 5.77. The Morgan fingerprint density at radius 1 is 0.909 bits per heavy atom. The van der Waals surface area contributed by atoms with Crippen LogP contribution in [0.25, 0.3) is 22.5 Å². The first-order chi connectivity index (χ1) is 16.3. The Morgan fingerprint density at radius 2 is 1.73 bits per heavy atom. The SMILES string of the molecule is Clc1ccccc1-c1cc2cnc(=Nc3ccc(N4CCNCC4)cc3)nc-2n2c1NCC2. The zero-order valence-corrected chi connectivity index (χ0v) is 18.9. The van der Waals surface area contributed by atoms with Crippen molar-refractivity contribution >= 4 is 28.8 Å². The van der Waals surface area contributed by atoms with Crippen molar-refractivity contribution in [1.29, 1.82) is 0 Å². The number of aromatic nitrogens is 3. The summed E-state index contributed by atoms with van der Waals surface area (Å²) in [5.41, 5.74) is 5.55. The number of halogens is 1. The first-order valence-electron chi connectivity index (χ1n) is 11.3. The average Bonchev–Trinajstić information content (AvgIpc) is 3.36. The fourth-order valence-electron chi connectivity index (χ4n) is 4.58. The molecule has 2 aromatic rings. The summed E-state index contributed by atoms with van der Waals surface area (Å²) in [6, 6.07) is 18.3. The Kier molecular flexibility index (Phi) is 5.20. The molecule has 166 valence electrons. The highest BCUT2D eigenvalue weighted by Crippen LogP contribution is 2.39. The molecule has 1 saturated heterocycles. The zero-order valence-electron chi connectivity index (χ0n) is 18.1. The van der Waals surface area contributed by atoms with E-state index < -0.39 is 0 Å². The van der Waals surface area contributed by atoms with E-state index in [-0.39, 0.29) is 0 Å². The van der Waals surface area contributed by atoms with Gasteiger partial charge in [-0.05, 0) is 36.4 Å². The van der Waals surface area contributed by atoms with Crippen molar-refractivity contribution in [2.75, 3.05) is 42.9 Å². The molecule has 0 radical (unpaired) electrons. The summed E-state index contributed by atoms with van der Waals surface area (Å²) in [6.07, 6.45) is 1.85. The van der Waals surface area contributed by atoms with E-state index >= 15 is 0 Å². The Morgan fingerprint density at radius 3 is 2.55 bits per heavy atom. The molecule has 0 bridgehead atoms. The lowest BCUT2D eigenvalue weighted by atomic mass is 10.0. The minimum atomic E-state index is 0.463. The van der Waals surface area contributed by atoms with Crippen molar-refractivity contribution in [3.05, 3.63) is 71.4 Å². The maximum atomic E-state index is 6.50. The number of piperazine rings is 1. The molecule has 1 fully saturated rings. The standard InChI is InChI=1S/C25H24ClN7/c26-22-4-2-1-3-20(22)21-15-17-16-29-25(31-23(17)33-14-11-28-24(21)33)30-18-5-7-19(8-6-18)32-12-9-27-10-13-32/h1-8,15-16,27-28H,9-14H2. The monoisotopic (exact) mass is 457 g/mol. The molecule has 7 nitrogen and oxygen atoms in total. The molecule has 0 spiro atoms. The van der Waals surface area contributed by atoms with E-state index in [1.165, 1.54) is 5.69 Å².